The minimum atomic E-state index is -1.88. The standard InChI is InChI=1S/C17H22N2O5S2/c1-4-5-11-23-13-6-8-14(9-7-13)24-26(22)19-10-12-25-17(2,3)15(19)16(20)18-21/h6-9,15,21H,10-12H2,1-3H3,(H,18,20). The molecular weight excluding hydrogens is 376 g/mol. The molecule has 1 aromatic carbocycles. The van der Waals surface area contributed by atoms with Gasteiger partial charge in [-0.1, -0.05) is 5.92 Å². The molecule has 0 saturated carbocycles. The van der Waals surface area contributed by atoms with Crippen LogP contribution in [0, 0.1) is 11.8 Å². The van der Waals surface area contributed by atoms with Crippen LogP contribution in [0.2, 0.25) is 0 Å². The molecule has 1 aliphatic rings. The molecule has 1 heterocycles. The van der Waals surface area contributed by atoms with Gasteiger partial charge in [0.2, 0.25) is 0 Å². The number of amides is 1. The summed E-state index contributed by atoms with van der Waals surface area (Å²) >= 11 is -0.305. The van der Waals surface area contributed by atoms with Gasteiger partial charge >= 0.3 is 0 Å². The quantitative estimate of drug-likeness (QED) is 0.431. The van der Waals surface area contributed by atoms with Crippen LogP contribution in [-0.4, -0.2) is 49.3 Å². The number of ether oxygens (including phenoxy) is 1. The maximum Gasteiger partial charge on any atom is 0.291 e. The lowest BCUT2D eigenvalue weighted by molar-refractivity contribution is -0.134. The molecule has 0 aliphatic carbocycles. The Bertz CT molecular complexity index is 712. The number of nitrogens with one attached hydrogen (secondary N) is 1. The molecule has 0 bridgehead atoms. The van der Waals surface area contributed by atoms with Crippen molar-refractivity contribution in [2.45, 2.75) is 31.6 Å². The third-order valence-electron chi connectivity index (χ3n) is 3.76. The zero-order chi connectivity index (χ0) is 19.2. The van der Waals surface area contributed by atoms with Crippen molar-refractivity contribution in [2.75, 3.05) is 18.9 Å². The van der Waals surface area contributed by atoms with Crippen molar-refractivity contribution in [3.8, 4) is 23.3 Å². The molecule has 1 fully saturated rings. The first-order chi connectivity index (χ1) is 12.4. The number of thioether (sulfide) groups is 1. The van der Waals surface area contributed by atoms with Crippen molar-refractivity contribution in [1.29, 1.82) is 0 Å². The van der Waals surface area contributed by atoms with Crippen molar-refractivity contribution < 1.29 is 23.1 Å². The van der Waals surface area contributed by atoms with Crippen LogP contribution in [0.5, 0.6) is 11.5 Å². The predicted molar refractivity (Wildman–Crippen MR) is 101 cm³/mol. The maximum absolute atomic E-state index is 12.7. The van der Waals surface area contributed by atoms with Crippen LogP contribution < -0.4 is 14.4 Å². The molecule has 0 spiro atoms. The summed E-state index contributed by atoms with van der Waals surface area (Å²) in [6.45, 7) is 6.16. The first-order valence-electron chi connectivity index (χ1n) is 7.96. The molecule has 1 aliphatic heterocycles. The number of carbonyl (C=O) groups excluding carboxylic acids is 1. The van der Waals surface area contributed by atoms with Gasteiger partial charge in [0.05, 0.1) is 0 Å². The van der Waals surface area contributed by atoms with Gasteiger partial charge in [-0.3, -0.25) is 10.0 Å². The molecule has 2 N–H and O–H groups in total. The highest BCUT2D eigenvalue weighted by molar-refractivity contribution is 8.00. The maximum atomic E-state index is 12.7. The molecule has 26 heavy (non-hydrogen) atoms. The van der Waals surface area contributed by atoms with Crippen molar-refractivity contribution >= 4 is 28.9 Å². The van der Waals surface area contributed by atoms with Crippen LogP contribution in [0.25, 0.3) is 0 Å². The van der Waals surface area contributed by atoms with Gasteiger partial charge in [0.1, 0.15) is 24.1 Å². The van der Waals surface area contributed by atoms with Crippen molar-refractivity contribution in [3.05, 3.63) is 24.3 Å². The molecule has 1 saturated heterocycles. The Morgan fingerprint density at radius 2 is 2.08 bits per heavy atom. The van der Waals surface area contributed by atoms with Gasteiger partial charge in [0, 0.05) is 17.0 Å². The van der Waals surface area contributed by atoms with E-state index in [1.165, 1.54) is 4.31 Å². The molecule has 142 valence electrons. The zero-order valence-electron chi connectivity index (χ0n) is 14.9. The summed E-state index contributed by atoms with van der Waals surface area (Å²) in [6.07, 6.45) is 0. The van der Waals surface area contributed by atoms with Gasteiger partial charge in [-0.15, -0.1) is 5.92 Å². The summed E-state index contributed by atoms with van der Waals surface area (Å²) < 4.78 is 24.5. The average Bonchev–Trinajstić information content (AvgIpc) is 2.61. The molecule has 7 nitrogen and oxygen atoms in total. The molecule has 0 radical (unpaired) electrons. The molecule has 2 atom stereocenters. The number of carbonyl (C=O) groups is 1. The van der Waals surface area contributed by atoms with E-state index >= 15 is 0 Å². The third-order valence-corrected chi connectivity index (χ3v) is 6.23. The number of nitrogens with zero attached hydrogens (tertiary/aromatic N) is 1. The second-order valence-electron chi connectivity index (χ2n) is 5.96. The molecule has 0 aromatic heterocycles. The van der Waals surface area contributed by atoms with E-state index in [0.717, 1.165) is 0 Å². The topological polar surface area (TPSA) is 88.1 Å². The summed E-state index contributed by atoms with van der Waals surface area (Å²) in [7, 11) is 0. The Morgan fingerprint density at radius 1 is 1.42 bits per heavy atom. The summed E-state index contributed by atoms with van der Waals surface area (Å²) in [4.78, 5) is 12.1. The van der Waals surface area contributed by atoms with E-state index < -0.39 is 28.0 Å². The van der Waals surface area contributed by atoms with E-state index in [9.17, 15) is 9.00 Å². The number of benzene rings is 1. The van der Waals surface area contributed by atoms with Crippen LogP contribution in [0.3, 0.4) is 0 Å². The summed E-state index contributed by atoms with van der Waals surface area (Å²) in [5.74, 6) is 6.63. The van der Waals surface area contributed by atoms with Gasteiger partial charge in [-0.05, 0) is 45.0 Å². The Labute approximate surface area is 160 Å². The Hall–Kier alpha value is -1.73. The van der Waals surface area contributed by atoms with Crippen LogP contribution in [0.4, 0.5) is 0 Å². The lowest BCUT2D eigenvalue weighted by atomic mass is 10.0. The largest absolute Gasteiger partial charge is 0.481 e. The fraction of sp³-hybridized carbons (Fsp3) is 0.471. The Balaban J connectivity index is 2.07. The molecular formula is C17H22N2O5S2. The Kier molecular flexibility index (Phi) is 7.34. The van der Waals surface area contributed by atoms with E-state index in [-0.39, 0.29) is 0 Å². The van der Waals surface area contributed by atoms with Gasteiger partial charge < -0.3 is 8.92 Å². The molecule has 2 rings (SSSR count). The van der Waals surface area contributed by atoms with E-state index in [2.05, 4.69) is 11.8 Å². The predicted octanol–water partition coefficient (Wildman–Crippen LogP) is 1.75. The van der Waals surface area contributed by atoms with Crippen molar-refractivity contribution in [2.24, 2.45) is 0 Å². The van der Waals surface area contributed by atoms with Gasteiger partial charge in [0.15, 0.2) is 0 Å². The van der Waals surface area contributed by atoms with Gasteiger partial charge in [-0.25, -0.2) is 5.48 Å². The van der Waals surface area contributed by atoms with E-state index in [1.807, 2.05) is 13.8 Å². The summed E-state index contributed by atoms with van der Waals surface area (Å²) in [5.41, 5.74) is 1.66. The van der Waals surface area contributed by atoms with Crippen LogP contribution >= 0.6 is 11.8 Å². The fourth-order valence-corrected chi connectivity index (χ4v) is 5.07. The van der Waals surface area contributed by atoms with Gasteiger partial charge in [0.25, 0.3) is 17.2 Å². The number of hydroxylamine groups is 1. The Morgan fingerprint density at radius 3 is 2.69 bits per heavy atom. The first kappa shape index (κ1) is 20.6. The smallest absolute Gasteiger partial charge is 0.291 e. The zero-order valence-corrected chi connectivity index (χ0v) is 16.5. The van der Waals surface area contributed by atoms with Crippen LogP contribution in [-0.2, 0) is 16.1 Å². The third kappa shape index (κ3) is 5.14. The SMILES string of the molecule is CC#CCOc1ccc(OS(=O)N2CCSC(C)(C)C2C(=O)NO)cc1. The molecule has 2 unspecified atom stereocenters. The van der Waals surface area contributed by atoms with E-state index in [0.29, 0.717) is 30.4 Å². The highest BCUT2D eigenvalue weighted by Crippen LogP contribution is 2.36. The summed E-state index contributed by atoms with van der Waals surface area (Å²) in [6, 6.07) is 5.87. The minimum absolute atomic E-state index is 0.293. The number of rotatable bonds is 6. The lowest BCUT2D eigenvalue weighted by Gasteiger charge is -2.42. The minimum Gasteiger partial charge on any atom is -0.481 e. The van der Waals surface area contributed by atoms with E-state index in [4.69, 9.17) is 14.1 Å². The molecule has 1 aromatic rings. The summed E-state index contributed by atoms with van der Waals surface area (Å²) in [5, 5.41) is 9.03. The normalized spacial score (nSPS) is 20.4. The van der Waals surface area contributed by atoms with Crippen LogP contribution in [0.15, 0.2) is 24.3 Å². The highest BCUT2D eigenvalue weighted by Gasteiger charge is 2.46. The van der Waals surface area contributed by atoms with Crippen LogP contribution in [0.1, 0.15) is 20.8 Å². The lowest BCUT2D eigenvalue weighted by Crippen LogP contribution is -2.60. The fourth-order valence-electron chi connectivity index (χ4n) is 2.53. The second-order valence-corrected chi connectivity index (χ2v) is 8.78. The monoisotopic (exact) mass is 398 g/mol. The first-order valence-corrected chi connectivity index (χ1v) is 9.98. The highest BCUT2D eigenvalue weighted by atomic mass is 32.2. The number of hydrogen-bond acceptors (Lipinski definition) is 6. The van der Waals surface area contributed by atoms with Crippen molar-refractivity contribution in [1.82, 2.24) is 9.79 Å². The number of hydrogen-bond donors (Lipinski definition) is 2. The van der Waals surface area contributed by atoms with Gasteiger partial charge in [-0.2, -0.15) is 20.3 Å². The molecule has 9 heteroatoms. The molecule has 1 amide bonds. The second kappa shape index (κ2) is 9.28. The average molecular weight is 399 g/mol. The van der Waals surface area contributed by atoms with E-state index in [1.54, 1.807) is 48.4 Å². The van der Waals surface area contributed by atoms with Crippen molar-refractivity contribution in [3.63, 3.8) is 0 Å².